The van der Waals surface area contributed by atoms with Crippen molar-refractivity contribution in [3.05, 3.63) is 34.3 Å². The van der Waals surface area contributed by atoms with Gasteiger partial charge >= 0.3 is 6.18 Å². The van der Waals surface area contributed by atoms with Crippen LogP contribution in [0.25, 0.3) is 5.52 Å². The highest BCUT2D eigenvalue weighted by Crippen LogP contribution is 2.30. The van der Waals surface area contributed by atoms with Crippen molar-refractivity contribution < 1.29 is 13.2 Å². The number of hydrogen-bond donors (Lipinski definition) is 0. The fourth-order valence-corrected chi connectivity index (χ4v) is 1.74. The molecular formula is C9H6BrF3N2. The summed E-state index contributed by atoms with van der Waals surface area (Å²) in [5.41, 5.74) is 0.820. The number of alkyl halides is 3. The smallest absolute Gasteiger partial charge is 0.296 e. The van der Waals surface area contributed by atoms with Crippen molar-refractivity contribution in [2.45, 2.75) is 13.1 Å². The van der Waals surface area contributed by atoms with Gasteiger partial charge in [0.2, 0.25) is 5.82 Å². The minimum atomic E-state index is -4.43. The highest BCUT2D eigenvalue weighted by molar-refractivity contribution is 9.10. The average Bonchev–Trinajstić information content (AvgIpc) is 2.43. The number of aromatic nitrogens is 2. The van der Waals surface area contributed by atoms with Gasteiger partial charge in [0, 0.05) is 10.7 Å². The van der Waals surface area contributed by atoms with E-state index in [1.807, 2.05) is 0 Å². The van der Waals surface area contributed by atoms with Crippen LogP contribution in [0.5, 0.6) is 0 Å². The summed E-state index contributed by atoms with van der Waals surface area (Å²) in [6, 6.07) is 3.15. The highest BCUT2D eigenvalue weighted by atomic mass is 79.9. The van der Waals surface area contributed by atoms with E-state index in [9.17, 15) is 13.2 Å². The Bertz CT molecular complexity index is 516. The molecule has 0 radical (unpaired) electrons. The third-order valence-corrected chi connectivity index (χ3v) is 2.54. The molecule has 6 heteroatoms. The first-order valence-electron chi connectivity index (χ1n) is 4.11. The Hall–Kier alpha value is -1.04. The first-order valence-corrected chi connectivity index (χ1v) is 4.90. The van der Waals surface area contributed by atoms with Crippen molar-refractivity contribution in [3.63, 3.8) is 0 Å². The molecule has 0 unspecified atom stereocenters. The SMILES string of the molecule is Cc1nc(C(F)(F)F)n2ccc(Br)cc12. The maximum Gasteiger partial charge on any atom is 0.450 e. The van der Waals surface area contributed by atoms with Gasteiger partial charge in [0.15, 0.2) is 0 Å². The summed E-state index contributed by atoms with van der Waals surface area (Å²) < 4.78 is 39.4. The lowest BCUT2D eigenvalue weighted by Gasteiger charge is -2.04. The van der Waals surface area contributed by atoms with Crippen molar-refractivity contribution in [2.24, 2.45) is 0 Å². The Balaban J connectivity index is 2.79. The lowest BCUT2D eigenvalue weighted by atomic mass is 10.3. The maximum atomic E-state index is 12.5. The van der Waals surface area contributed by atoms with Crippen LogP contribution < -0.4 is 0 Å². The summed E-state index contributed by atoms with van der Waals surface area (Å²) in [5, 5.41) is 0. The highest BCUT2D eigenvalue weighted by Gasteiger charge is 2.36. The van der Waals surface area contributed by atoms with E-state index in [1.54, 1.807) is 19.1 Å². The molecule has 0 spiro atoms. The van der Waals surface area contributed by atoms with Gasteiger partial charge in [0.05, 0.1) is 11.2 Å². The molecule has 80 valence electrons. The summed E-state index contributed by atoms with van der Waals surface area (Å²) in [6.45, 7) is 1.55. The largest absolute Gasteiger partial charge is 0.450 e. The van der Waals surface area contributed by atoms with Gasteiger partial charge in [-0.2, -0.15) is 13.2 Å². The van der Waals surface area contributed by atoms with Crippen LogP contribution in [0, 0.1) is 6.92 Å². The molecule has 2 nitrogen and oxygen atoms in total. The van der Waals surface area contributed by atoms with E-state index in [0.717, 1.165) is 8.87 Å². The summed E-state index contributed by atoms with van der Waals surface area (Å²) >= 11 is 3.20. The normalized spacial score (nSPS) is 12.3. The van der Waals surface area contributed by atoms with Crippen molar-refractivity contribution in [2.75, 3.05) is 0 Å². The molecule has 0 aliphatic rings. The van der Waals surface area contributed by atoms with Crippen molar-refractivity contribution in [3.8, 4) is 0 Å². The fourth-order valence-electron chi connectivity index (χ4n) is 1.41. The molecule has 0 atom stereocenters. The standard InChI is InChI=1S/C9H6BrF3N2/c1-5-7-4-6(10)2-3-15(7)8(14-5)9(11,12)13/h2-4H,1H3. The molecule has 0 fully saturated rings. The van der Waals surface area contributed by atoms with Crippen LogP contribution in [-0.2, 0) is 6.18 Å². The minimum absolute atomic E-state index is 0.364. The summed E-state index contributed by atoms with van der Waals surface area (Å²) in [6.07, 6.45) is -3.08. The Morgan fingerprint density at radius 1 is 1.40 bits per heavy atom. The number of aryl methyl sites for hydroxylation is 1. The first kappa shape index (κ1) is 10.5. The van der Waals surface area contributed by atoms with Crippen LogP contribution in [0.3, 0.4) is 0 Å². The Morgan fingerprint density at radius 2 is 2.07 bits per heavy atom. The van der Waals surface area contributed by atoms with Gasteiger partial charge in [-0.3, -0.25) is 4.40 Å². The van der Waals surface area contributed by atoms with Gasteiger partial charge < -0.3 is 0 Å². The predicted octanol–water partition coefficient (Wildman–Crippen LogP) is 3.42. The molecule has 0 saturated carbocycles. The zero-order valence-corrected chi connectivity index (χ0v) is 9.22. The summed E-state index contributed by atoms with van der Waals surface area (Å²) in [4.78, 5) is 3.52. The third-order valence-electron chi connectivity index (χ3n) is 2.04. The van der Waals surface area contributed by atoms with Gasteiger partial charge in [-0.25, -0.2) is 4.98 Å². The van der Waals surface area contributed by atoms with Crippen LogP contribution in [0.4, 0.5) is 13.2 Å². The van der Waals surface area contributed by atoms with E-state index in [1.165, 1.54) is 6.20 Å². The first-order chi connectivity index (χ1) is 6.89. The van der Waals surface area contributed by atoms with Crippen LogP contribution in [-0.4, -0.2) is 9.38 Å². The molecule has 0 bridgehead atoms. The van der Waals surface area contributed by atoms with Crippen LogP contribution >= 0.6 is 15.9 Å². The lowest BCUT2D eigenvalue weighted by molar-refractivity contribution is -0.145. The second-order valence-electron chi connectivity index (χ2n) is 3.12. The van der Waals surface area contributed by atoms with Gasteiger partial charge in [0.1, 0.15) is 0 Å². The van der Waals surface area contributed by atoms with E-state index in [-0.39, 0.29) is 0 Å². The van der Waals surface area contributed by atoms with Gasteiger partial charge in [-0.15, -0.1) is 0 Å². The monoisotopic (exact) mass is 278 g/mol. The topological polar surface area (TPSA) is 17.3 Å². The van der Waals surface area contributed by atoms with E-state index < -0.39 is 12.0 Å². The summed E-state index contributed by atoms with van der Waals surface area (Å²) in [5.74, 6) is -0.887. The molecule has 0 N–H and O–H groups in total. The molecule has 0 aliphatic carbocycles. The molecule has 0 aliphatic heterocycles. The zero-order valence-electron chi connectivity index (χ0n) is 7.64. The fraction of sp³-hybridized carbons (Fsp3) is 0.222. The van der Waals surface area contributed by atoms with Gasteiger partial charge in [-0.1, -0.05) is 15.9 Å². The van der Waals surface area contributed by atoms with E-state index in [4.69, 9.17) is 0 Å². The molecule has 0 amide bonds. The molecule has 2 heterocycles. The van der Waals surface area contributed by atoms with E-state index in [0.29, 0.717) is 11.2 Å². The number of nitrogens with zero attached hydrogens (tertiary/aromatic N) is 2. The molecule has 2 aromatic heterocycles. The third kappa shape index (κ3) is 1.73. The Labute approximate surface area is 91.9 Å². The molecular weight excluding hydrogens is 273 g/mol. The van der Waals surface area contributed by atoms with Crippen LogP contribution in [0.2, 0.25) is 0 Å². The maximum absolute atomic E-state index is 12.5. The van der Waals surface area contributed by atoms with E-state index in [2.05, 4.69) is 20.9 Å². The number of rotatable bonds is 0. The number of fused-ring (bicyclic) bond motifs is 1. The predicted molar refractivity (Wildman–Crippen MR) is 52.6 cm³/mol. The molecule has 0 aromatic carbocycles. The van der Waals surface area contributed by atoms with E-state index >= 15 is 0 Å². The van der Waals surface area contributed by atoms with Crippen molar-refractivity contribution in [1.82, 2.24) is 9.38 Å². The van der Waals surface area contributed by atoms with Crippen molar-refractivity contribution >= 4 is 21.4 Å². The Morgan fingerprint density at radius 3 is 2.67 bits per heavy atom. The van der Waals surface area contributed by atoms with Gasteiger partial charge in [-0.05, 0) is 19.1 Å². The Kier molecular flexibility index (Phi) is 2.26. The van der Waals surface area contributed by atoms with Crippen LogP contribution in [0.15, 0.2) is 22.8 Å². The number of imidazole rings is 1. The molecule has 0 saturated heterocycles. The zero-order chi connectivity index (χ0) is 11.2. The lowest BCUT2D eigenvalue weighted by Crippen LogP contribution is -2.10. The van der Waals surface area contributed by atoms with Crippen molar-refractivity contribution in [1.29, 1.82) is 0 Å². The molecule has 2 aromatic rings. The number of pyridine rings is 1. The quantitative estimate of drug-likeness (QED) is 0.722. The summed E-state index contributed by atoms with van der Waals surface area (Å²) in [7, 11) is 0. The second kappa shape index (κ2) is 3.23. The number of hydrogen-bond acceptors (Lipinski definition) is 1. The number of halogens is 4. The second-order valence-corrected chi connectivity index (χ2v) is 4.03. The molecule has 2 rings (SSSR count). The van der Waals surface area contributed by atoms with Crippen LogP contribution in [0.1, 0.15) is 11.5 Å². The molecule has 15 heavy (non-hydrogen) atoms. The minimum Gasteiger partial charge on any atom is -0.296 e. The van der Waals surface area contributed by atoms with Gasteiger partial charge in [0.25, 0.3) is 0 Å². The average molecular weight is 279 g/mol.